The van der Waals surface area contributed by atoms with Crippen molar-refractivity contribution in [1.82, 2.24) is 19.4 Å². The highest BCUT2D eigenvalue weighted by Crippen LogP contribution is 2.30. The number of benzene rings is 2. The molecule has 2 heterocycles. The number of hydrogen-bond donors (Lipinski definition) is 3. The average Bonchev–Trinajstić information content (AvgIpc) is 3.15. The van der Waals surface area contributed by atoms with Gasteiger partial charge < -0.3 is 10.4 Å². The smallest absolute Gasteiger partial charge is 0.493 e. The van der Waals surface area contributed by atoms with Gasteiger partial charge in [-0.3, -0.25) is 9.88 Å². The van der Waals surface area contributed by atoms with Gasteiger partial charge in [0.2, 0.25) is 5.88 Å². The Morgan fingerprint density at radius 2 is 1.68 bits per heavy atom. The number of amides is 2. The highest BCUT2D eigenvalue weighted by Gasteiger charge is 2.46. The van der Waals surface area contributed by atoms with Gasteiger partial charge in [-0.1, -0.05) is 30.3 Å². The Balaban J connectivity index is 1.48. The summed E-state index contributed by atoms with van der Waals surface area (Å²) in [6.07, 6.45) is 2.53. The van der Waals surface area contributed by atoms with E-state index in [1.54, 1.807) is 6.07 Å². The molecular formula is C24H20F3N5O5S. The Bertz CT molecular complexity index is 1620. The number of nitrogens with zero attached hydrogens (tertiary/aromatic N) is 3. The summed E-state index contributed by atoms with van der Waals surface area (Å²) in [6, 6.07) is 15.3. The minimum Gasteiger partial charge on any atom is -0.493 e. The average molecular weight is 548 g/mol. The fourth-order valence-corrected chi connectivity index (χ4v) is 4.28. The maximum absolute atomic E-state index is 12.9. The summed E-state index contributed by atoms with van der Waals surface area (Å²) in [5.74, 6) is -0.305. The minimum atomic E-state index is -5.56. The molecule has 198 valence electrons. The lowest BCUT2D eigenvalue weighted by molar-refractivity contribution is -0.0436. The van der Waals surface area contributed by atoms with Gasteiger partial charge in [-0.15, -0.1) is 0 Å². The lowest BCUT2D eigenvalue weighted by atomic mass is 10.2. The second-order valence-corrected chi connectivity index (χ2v) is 9.96. The number of imidazole rings is 1. The summed E-state index contributed by atoms with van der Waals surface area (Å²) in [7, 11) is -5.56. The predicted octanol–water partition coefficient (Wildman–Crippen LogP) is 3.40. The molecule has 4 aromatic rings. The third kappa shape index (κ3) is 5.70. The first-order valence-corrected chi connectivity index (χ1v) is 12.4. The molecule has 0 bridgehead atoms. The van der Waals surface area contributed by atoms with E-state index >= 15 is 0 Å². The number of nitrogens with one attached hydrogen (secondary N) is 2. The molecule has 0 aliphatic rings. The second kappa shape index (κ2) is 10.4. The Kier molecular flexibility index (Phi) is 7.26. The molecule has 3 N–H and O–H groups in total. The number of anilines is 1. The van der Waals surface area contributed by atoms with Crippen LogP contribution < -0.4 is 16.3 Å². The van der Waals surface area contributed by atoms with Crippen LogP contribution in [-0.4, -0.2) is 39.2 Å². The van der Waals surface area contributed by atoms with Crippen molar-refractivity contribution in [3.05, 3.63) is 101 Å². The topological polar surface area (TPSA) is 135 Å². The van der Waals surface area contributed by atoms with E-state index < -0.39 is 37.8 Å². The molecule has 0 spiro atoms. The molecule has 4 rings (SSSR count). The minimum absolute atomic E-state index is 0.0389. The van der Waals surface area contributed by atoms with Gasteiger partial charge in [0.15, 0.2) is 0 Å². The van der Waals surface area contributed by atoms with Gasteiger partial charge >= 0.3 is 17.2 Å². The number of aromatic hydroxyl groups is 1. The second-order valence-electron chi connectivity index (χ2n) is 8.02. The van der Waals surface area contributed by atoms with Crippen molar-refractivity contribution in [3.63, 3.8) is 0 Å². The maximum Gasteiger partial charge on any atom is 0.501 e. The van der Waals surface area contributed by atoms with Crippen LogP contribution in [0.4, 0.5) is 23.8 Å². The number of rotatable bonds is 7. The summed E-state index contributed by atoms with van der Waals surface area (Å²) in [6.45, 7) is 0.264. The first-order valence-electron chi connectivity index (χ1n) is 10.9. The molecule has 0 atom stereocenters. The van der Waals surface area contributed by atoms with Gasteiger partial charge in [0, 0.05) is 12.7 Å². The van der Waals surface area contributed by atoms with Crippen LogP contribution >= 0.6 is 0 Å². The third-order valence-electron chi connectivity index (χ3n) is 5.36. The number of alkyl halides is 3. The van der Waals surface area contributed by atoms with Crippen molar-refractivity contribution in [2.75, 3.05) is 5.32 Å². The van der Waals surface area contributed by atoms with E-state index in [1.807, 2.05) is 30.3 Å². The summed E-state index contributed by atoms with van der Waals surface area (Å²) >= 11 is 0. The molecule has 2 amide bonds. The summed E-state index contributed by atoms with van der Waals surface area (Å²) in [4.78, 5) is 28.2. The molecule has 0 fully saturated rings. The summed E-state index contributed by atoms with van der Waals surface area (Å²) in [5.41, 5.74) is -4.80. The zero-order valence-electron chi connectivity index (χ0n) is 19.4. The third-order valence-corrected chi connectivity index (χ3v) is 6.86. The molecule has 0 aliphatic carbocycles. The molecule has 2 aromatic carbocycles. The van der Waals surface area contributed by atoms with E-state index in [-0.39, 0.29) is 18.1 Å². The van der Waals surface area contributed by atoms with Crippen LogP contribution in [0.15, 0.2) is 88.8 Å². The molecule has 0 aliphatic heterocycles. The van der Waals surface area contributed by atoms with Crippen LogP contribution in [0.5, 0.6) is 5.88 Å². The van der Waals surface area contributed by atoms with E-state index in [0.29, 0.717) is 24.2 Å². The van der Waals surface area contributed by atoms with Crippen LogP contribution in [-0.2, 0) is 22.9 Å². The van der Waals surface area contributed by atoms with Gasteiger partial charge in [0.1, 0.15) is 5.82 Å². The molecule has 2 aromatic heterocycles. The lowest BCUT2D eigenvalue weighted by Gasteiger charge is -2.09. The Morgan fingerprint density at radius 1 is 1.00 bits per heavy atom. The SMILES string of the molecule is O=C(NCc1ccccc1)Nc1cc(Cn2cc(O)n(-c3ccc(S(=O)(=O)C(F)(F)F)cc3)c2=O)ccn1. The number of hydrogen-bond acceptors (Lipinski definition) is 6. The summed E-state index contributed by atoms with van der Waals surface area (Å²) in [5, 5.41) is 15.6. The van der Waals surface area contributed by atoms with E-state index in [4.69, 9.17) is 0 Å². The first kappa shape index (κ1) is 26.5. The Morgan fingerprint density at radius 3 is 2.34 bits per heavy atom. The largest absolute Gasteiger partial charge is 0.501 e. The standard InChI is InChI=1S/C24H20F3N5O5S/c25-24(26,27)38(36,37)19-8-6-18(7-9-19)32-21(33)15-31(23(32)35)14-17-10-11-28-20(12-17)30-22(34)29-13-16-4-2-1-3-5-16/h1-12,15,33H,13-14H2,(H2,28,29,30,34). The van der Waals surface area contributed by atoms with Gasteiger partial charge in [0.05, 0.1) is 23.3 Å². The van der Waals surface area contributed by atoms with Crippen molar-refractivity contribution >= 4 is 21.7 Å². The number of sulfone groups is 1. The molecule has 14 heteroatoms. The zero-order chi connectivity index (χ0) is 27.5. The van der Waals surface area contributed by atoms with Crippen LogP contribution in [0.25, 0.3) is 5.69 Å². The maximum atomic E-state index is 12.9. The molecule has 0 unspecified atom stereocenters. The Labute approximate surface area is 213 Å². The van der Waals surface area contributed by atoms with Crippen LogP contribution in [0.2, 0.25) is 0 Å². The van der Waals surface area contributed by atoms with Gasteiger partial charge in [0.25, 0.3) is 9.84 Å². The van der Waals surface area contributed by atoms with Crippen LogP contribution in [0.1, 0.15) is 11.1 Å². The molecule has 0 radical (unpaired) electrons. The fraction of sp³-hybridized carbons (Fsp3) is 0.125. The van der Waals surface area contributed by atoms with E-state index in [2.05, 4.69) is 15.6 Å². The highest BCUT2D eigenvalue weighted by atomic mass is 32.2. The van der Waals surface area contributed by atoms with Crippen LogP contribution in [0, 0.1) is 0 Å². The number of aromatic nitrogens is 3. The first-order chi connectivity index (χ1) is 18.0. The zero-order valence-corrected chi connectivity index (χ0v) is 20.2. The normalized spacial score (nSPS) is 11.8. The number of halogens is 3. The summed E-state index contributed by atoms with van der Waals surface area (Å²) < 4.78 is 63.4. The van der Waals surface area contributed by atoms with E-state index in [9.17, 15) is 36.3 Å². The fourth-order valence-electron chi connectivity index (χ4n) is 3.52. The van der Waals surface area contributed by atoms with Crippen molar-refractivity contribution in [2.45, 2.75) is 23.5 Å². The number of urea groups is 1. The molecule has 10 nitrogen and oxygen atoms in total. The van der Waals surface area contributed by atoms with Crippen LogP contribution in [0.3, 0.4) is 0 Å². The van der Waals surface area contributed by atoms with Crippen molar-refractivity contribution in [3.8, 4) is 11.6 Å². The highest BCUT2D eigenvalue weighted by molar-refractivity contribution is 7.92. The monoisotopic (exact) mass is 547 g/mol. The molecule has 0 saturated heterocycles. The Hall–Kier alpha value is -4.59. The molecule has 38 heavy (non-hydrogen) atoms. The van der Waals surface area contributed by atoms with Crippen molar-refractivity contribution in [1.29, 1.82) is 0 Å². The van der Waals surface area contributed by atoms with Gasteiger partial charge in [-0.2, -0.15) is 13.2 Å². The van der Waals surface area contributed by atoms with Gasteiger partial charge in [-0.05, 0) is 47.5 Å². The number of pyridine rings is 1. The quantitative estimate of drug-likeness (QED) is 0.325. The molecule has 0 saturated carbocycles. The lowest BCUT2D eigenvalue weighted by Crippen LogP contribution is -2.28. The van der Waals surface area contributed by atoms with Crippen molar-refractivity contribution < 1.29 is 31.5 Å². The van der Waals surface area contributed by atoms with E-state index in [0.717, 1.165) is 33.0 Å². The number of carbonyl (C=O) groups excluding carboxylic acids is 1. The number of carbonyl (C=O) groups is 1. The molecular weight excluding hydrogens is 527 g/mol. The van der Waals surface area contributed by atoms with Crippen molar-refractivity contribution in [2.24, 2.45) is 0 Å². The van der Waals surface area contributed by atoms with E-state index in [1.165, 1.54) is 12.3 Å². The predicted molar refractivity (Wildman–Crippen MR) is 131 cm³/mol. The van der Waals surface area contributed by atoms with Gasteiger partial charge in [-0.25, -0.2) is 27.6 Å².